The molecule has 0 fully saturated rings. The summed E-state index contributed by atoms with van der Waals surface area (Å²) in [4.78, 5) is 12.5. The number of ketones is 1. The predicted molar refractivity (Wildman–Crippen MR) is 69.2 cm³/mol. The van der Waals surface area contributed by atoms with Crippen LogP contribution in [-0.4, -0.2) is 20.8 Å². The summed E-state index contributed by atoms with van der Waals surface area (Å²) in [6, 6.07) is 7.34. The number of hydrogen-bond acceptors (Lipinski definition) is 4. The van der Waals surface area contributed by atoms with E-state index in [0.29, 0.717) is 11.4 Å². The number of benzene rings is 1. The molecule has 0 bridgehead atoms. The lowest BCUT2D eigenvalue weighted by Gasteiger charge is -2.23. The summed E-state index contributed by atoms with van der Waals surface area (Å²) in [7, 11) is 1.71. The van der Waals surface area contributed by atoms with Crippen molar-refractivity contribution in [3.63, 3.8) is 0 Å². The molecule has 0 amide bonds. The van der Waals surface area contributed by atoms with Crippen molar-refractivity contribution < 1.29 is 4.79 Å². The Kier molecular flexibility index (Phi) is 2.90. The number of nitrogens with zero attached hydrogens (tertiary/aromatic N) is 3. The maximum absolute atomic E-state index is 12.5. The Hall–Kier alpha value is -2.17. The Morgan fingerprint density at radius 2 is 1.89 bits per heavy atom. The first-order chi connectivity index (χ1) is 8.43. The van der Waals surface area contributed by atoms with E-state index in [0.717, 1.165) is 5.56 Å². The van der Waals surface area contributed by atoms with Gasteiger partial charge < -0.3 is 5.73 Å². The molecular weight excluding hydrogens is 228 g/mol. The van der Waals surface area contributed by atoms with E-state index in [1.807, 2.05) is 26.0 Å². The third-order valence-corrected chi connectivity index (χ3v) is 3.15. The van der Waals surface area contributed by atoms with Gasteiger partial charge in [-0.3, -0.25) is 4.79 Å². The van der Waals surface area contributed by atoms with Gasteiger partial charge in [-0.1, -0.05) is 17.3 Å². The molecule has 1 aromatic heterocycles. The second kappa shape index (κ2) is 4.25. The Balaban J connectivity index is 2.39. The standard InChI is InChI=1S/C13H16N4O/c1-13(2,9-4-6-10(14)7-5-9)12(18)11-8-15-16-17(11)3/h4-8H,14H2,1-3H3. The Morgan fingerprint density at radius 1 is 1.28 bits per heavy atom. The lowest BCUT2D eigenvalue weighted by molar-refractivity contribution is 0.0899. The van der Waals surface area contributed by atoms with Gasteiger partial charge in [0, 0.05) is 12.7 Å². The fraction of sp³-hybridized carbons (Fsp3) is 0.308. The number of hydrogen-bond donors (Lipinski definition) is 1. The zero-order valence-electron chi connectivity index (χ0n) is 10.7. The quantitative estimate of drug-likeness (QED) is 0.656. The fourth-order valence-corrected chi connectivity index (χ4v) is 1.85. The van der Waals surface area contributed by atoms with Gasteiger partial charge in [0.2, 0.25) is 0 Å². The van der Waals surface area contributed by atoms with Crippen molar-refractivity contribution in [1.82, 2.24) is 15.0 Å². The number of aryl methyl sites for hydroxylation is 1. The molecule has 0 atom stereocenters. The third-order valence-electron chi connectivity index (χ3n) is 3.15. The SMILES string of the molecule is Cn1nncc1C(=O)C(C)(C)c1ccc(N)cc1. The normalized spacial score (nSPS) is 11.5. The molecule has 94 valence electrons. The maximum Gasteiger partial charge on any atom is 0.192 e. The summed E-state index contributed by atoms with van der Waals surface area (Å²) < 4.78 is 1.49. The molecule has 2 aromatic rings. The van der Waals surface area contributed by atoms with Crippen molar-refractivity contribution in [2.24, 2.45) is 7.05 Å². The van der Waals surface area contributed by atoms with E-state index in [1.165, 1.54) is 10.9 Å². The number of anilines is 1. The summed E-state index contributed by atoms with van der Waals surface area (Å²) in [5, 5.41) is 7.52. The average Bonchev–Trinajstić information content (AvgIpc) is 2.75. The number of carbonyl (C=O) groups is 1. The van der Waals surface area contributed by atoms with Crippen molar-refractivity contribution in [3.05, 3.63) is 41.7 Å². The van der Waals surface area contributed by atoms with Gasteiger partial charge in [0.25, 0.3) is 0 Å². The first kappa shape index (κ1) is 12.3. The number of nitrogens with two attached hydrogens (primary N) is 1. The van der Waals surface area contributed by atoms with Gasteiger partial charge in [0.1, 0.15) is 5.69 Å². The Bertz CT molecular complexity index is 569. The van der Waals surface area contributed by atoms with Crippen LogP contribution in [0.2, 0.25) is 0 Å². The number of Topliss-reactive ketones (excluding diaryl/α,β-unsaturated/α-hetero) is 1. The molecule has 0 aliphatic carbocycles. The van der Waals surface area contributed by atoms with Crippen LogP contribution in [0.15, 0.2) is 30.5 Å². The van der Waals surface area contributed by atoms with Crippen LogP contribution in [0.5, 0.6) is 0 Å². The molecule has 0 radical (unpaired) electrons. The zero-order chi connectivity index (χ0) is 13.3. The van der Waals surface area contributed by atoms with E-state index in [1.54, 1.807) is 19.2 Å². The first-order valence-corrected chi connectivity index (χ1v) is 5.68. The van der Waals surface area contributed by atoms with Crippen LogP contribution >= 0.6 is 0 Å². The van der Waals surface area contributed by atoms with Gasteiger partial charge in [-0.15, -0.1) is 5.10 Å². The van der Waals surface area contributed by atoms with Gasteiger partial charge in [0.15, 0.2) is 5.78 Å². The highest BCUT2D eigenvalue weighted by Gasteiger charge is 2.32. The second-order valence-electron chi connectivity index (χ2n) is 4.82. The topological polar surface area (TPSA) is 73.8 Å². The minimum Gasteiger partial charge on any atom is -0.399 e. The summed E-state index contributed by atoms with van der Waals surface area (Å²) in [6.45, 7) is 3.77. The highest BCUT2D eigenvalue weighted by molar-refractivity contribution is 6.02. The molecule has 0 spiro atoms. The van der Waals surface area contributed by atoms with Crippen molar-refractivity contribution in [1.29, 1.82) is 0 Å². The number of nitrogen functional groups attached to an aromatic ring is 1. The van der Waals surface area contributed by atoms with Crippen LogP contribution in [0, 0.1) is 0 Å². The molecule has 0 aliphatic heterocycles. The molecule has 1 heterocycles. The van der Waals surface area contributed by atoms with E-state index in [-0.39, 0.29) is 5.78 Å². The maximum atomic E-state index is 12.5. The van der Waals surface area contributed by atoms with Gasteiger partial charge in [-0.2, -0.15) is 0 Å². The van der Waals surface area contributed by atoms with Crippen LogP contribution in [-0.2, 0) is 12.5 Å². The molecule has 2 rings (SSSR count). The van der Waals surface area contributed by atoms with Gasteiger partial charge in [0.05, 0.1) is 11.6 Å². The van der Waals surface area contributed by atoms with Gasteiger partial charge in [-0.05, 0) is 31.5 Å². The number of rotatable bonds is 3. The molecule has 18 heavy (non-hydrogen) atoms. The van der Waals surface area contributed by atoms with Gasteiger partial charge in [-0.25, -0.2) is 4.68 Å². The number of carbonyl (C=O) groups excluding carboxylic acids is 1. The van der Waals surface area contributed by atoms with Crippen LogP contribution in [0.4, 0.5) is 5.69 Å². The second-order valence-corrected chi connectivity index (χ2v) is 4.82. The zero-order valence-corrected chi connectivity index (χ0v) is 10.7. The molecule has 5 nitrogen and oxygen atoms in total. The average molecular weight is 244 g/mol. The molecule has 1 aromatic carbocycles. The summed E-state index contributed by atoms with van der Waals surface area (Å²) in [5.74, 6) is -0.0141. The van der Waals surface area contributed by atoms with Crippen molar-refractivity contribution in [2.75, 3.05) is 5.73 Å². The third kappa shape index (κ3) is 1.99. The minimum absolute atomic E-state index is 0.0141. The minimum atomic E-state index is -0.636. The largest absolute Gasteiger partial charge is 0.399 e. The molecule has 5 heteroatoms. The lowest BCUT2D eigenvalue weighted by Crippen LogP contribution is -2.30. The van der Waals surface area contributed by atoms with Crippen molar-refractivity contribution >= 4 is 11.5 Å². The number of aromatic nitrogens is 3. The van der Waals surface area contributed by atoms with Crippen LogP contribution in [0.1, 0.15) is 29.9 Å². The lowest BCUT2D eigenvalue weighted by atomic mass is 9.79. The predicted octanol–water partition coefficient (Wildman–Crippen LogP) is 1.56. The summed E-state index contributed by atoms with van der Waals surface area (Å²) in [6.07, 6.45) is 1.49. The summed E-state index contributed by atoms with van der Waals surface area (Å²) >= 11 is 0. The van der Waals surface area contributed by atoms with Crippen LogP contribution < -0.4 is 5.73 Å². The smallest absolute Gasteiger partial charge is 0.192 e. The summed E-state index contributed by atoms with van der Waals surface area (Å²) in [5.41, 5.74) is 7.12. The first-order valence-electron chi connectivity index (χ1n) is 5.68. The Morgan fingerprint density at radius 3 is 2.39 bits per heavy atom. The molecule has 0 saturated heterocycles. The van der Waals surface area contributed by atoms with E-state index in [9.17, 15) is 4.79 Å². The van der Waals surface area contributed by atoms with E-state index >= 15 is 0 Å². The van der Waals surface area contributed by atoms with E-state index in [2.05, 4.69) is 10.3 Å². The molecule has 0 saturated carbocycles. The van der Waals surface area contributed by atoms with E-state index < -0.39 is 5.41 Å². The fourth-order valence-electron chi connectivity index (χ4n) is 1.85. The van der Waals surface area contributed by atoms with Gasteiger partial charge >= 0.3 is 0 Å². The monoisotopic (exact) mass is 244 g/mol. The van der Waals surface area contributed by atoms with Crippen LogP contribution in [0.25, 0.3) is 0 Å². The highest BCUT2D eigenvalue weighted by atomic mass is 16.1. The van der Waals surface area contributed by atoms with Crippen molar-refractivity contribution in [2.45, 2.75) is 19.3 Å². The highest BCUT2D eigenvalue weighted by Crippen LogP contribution is 2.27. The molecular formula is C13H16N4O. The van der Waals surface area contributed by atoms with E-state index in [4.69, 9.17) is 5.73 Å². The van der Waals surface area contributed by atoms with Crippen molar-refractivity contribution in [3.8, 4) is 0 Å². The molecule has 0 aliphatic rings. The Labute approximate surface area is 106 Å². The molecule has 0 unspecified atom stereocenters. The molecule has 2 N–H and O–H groups in total. The van der Waals surface area contributed by atoms with Crippen LogP contribution in [0.3, 0.4) is 0 Å².